The Hall–Kier alpha value is -3.46. The van der Waals surface area contributed by atoms with Gasteiger partial charge in [-0.1, -0.05) is 63.1 Å². The molecule has 2 bridgehead atoms. The number of fused-ring (bicyclic) bond motifs is 3. The lowest BCUT2D eigenvalue weighted by molar-refractivity contribution is -0.302. The number of amides is 1. The molecule has 4 N–H and O–H groups in total. The first-order valence-corrected chi connectivity index (χ1v) is 23.0. The highest BCUT2D eigenvalue weighted by atomic mass is 16.7. The summed E-state index contributed by atoms with van der Waals surface area (Å²) in [6.07, 6.45) is 4.82. The molecule has 1 saturated carbocycles. The number of aliphatic hydroxyl groups excluding tert-OH is 1. The number of benzene rings is 1. The highest BCUT2D eigenvalue weighted by Gasteiger charge is 2.56. The second kappa shape index (κ2) is 22.0. The van der Waals surface area contributed by atoms with Gasteiger partial charge in [-0.2, -0.15) is 0 Å². The van der Waals surface area contributed by atoms with Gasteiger partial charge in [-0.25, -0.2) is 4.79 Å². The van der Waals surface area contributed by atoms with Crippen molar-refractivity contribution in [3.63, 3.8) is 0 Å². The maximum atomic E-state index is 14.5. The second-order valence-electron chi connectivity index (χ2n) is 18.9. The molecule has 3 fully saturated rings. The van der Waals surface area contributed by atoms with Gasteiger partial charge in [0.25, 0.3) is 11.7 Å². The fourth-order valence-electron chi connectivity index (χ4n) is 10.1. The lowest BCUT2D eigenvalue weighted by Crippen LogP contribution is -2.64. The minimum Gasteiger partial charge on any atom is -0.489 e. The molecule has 5 rings (SSSR count). The number of aliphatic hydroxyl groups is 2. The Labute approximate surface area is 369 Å². The molecule has 1 aliphatic carbocycles. The van der Waals surface area contributed by atoms with E-state index in [4.69, 9.17) is 29.4 Å². The van der Waals surface area contributed by atoms with Crippen LogP contribution in [0.2, 0.25) is 0 Å². The van der Waals surface area contributed by atoms with E-state index in [0.29, 0.717) is 50.5 Å². The van der Waals surface area contributed by atoms with Gasteiger partial charge in [-0.3, -0.25) is 14.4 Å². The Balaban J connectivity index is 1.50. The molecule has 13 nitrogen and oxygen atoms in total. The van der Waals surface area contributed by atoms with Gasteiger partial charge in [0.15, 0.2) is 0 Å². The first kappa shape index (κ1) is 49.6. The van der Waals surface area contributed by atoms with Gasteiger partial charge in [-0.15, -0.1) is 0 Å². The number of hydrogen-bond donors (Lipinski definition) is 3. The third kappa shape index (κ3) is 11.8. The number of ether oxygens (including phenoxy) is 5. The third-order valence-corrected chi connectivity index (χ3v) is 14.0. The molecule has 1 aromatic rings. The fraction of sp³-hybridized carbons (Fsp3) is 0.714. The van der Waals surface area contributed by atoms with Crippen molar-refractivity contribution in [2.75, 3.05) is 20.8 Å². The average Bonchev–Trinajstić information content (AvgIpc) is 3.25. The quantitative estimate of drug-likeness (QED) is 0.161. The van der Waals surface area contributed by atoms with E-state index >= 15 is 0 Å². The number of rotatable bonds is 7. The zero-order chi connectivity index (χ0) is 45.5. The number of carbonyl (C=O) groups is 4. The van der Waals surface area contributed by atoms with E-state index in [1.165, 1.54) is 19.1 Å². The molecule has 14 atom stereocenters. The highest BCUT2D eigenvalue weighted by Crippen LogP contribution is 2.39. The first-order chi connectivity index (χ1) is 29.4. The standard InChI is InChI=1S/C49H74N2O11/c1-10-35-22-29(3)21-30(4)23-42(58-8)45-43(59-9)25-32(6)49(57,62-45)46(54)47(55)51-20-12-11-13-38(51)48(56)61-44(33(7)39(52)27-40(35)53)31(5)24-34-16-19-37(50)41(26-34)60-36-17-14-28(2)15-18-36/h14-15,17-18,22,24,30,32-35,37-39,41-45,52,57H,10-13,16,19-21,23,25-27,50H2,1-9H3/b29-22+,31-24?. The number of Topliss-reactive ketones (excluding diaryl/α,β-unsaturated/α-hetero) is 2. The summed E-state index contributed by atoms with van der Waals surface area (Å²) in [7, 11) is 3.08. The third-order valence-electron chi connectivity index (χ3n) is 14.0. The summed E-state index contributed by atoms with van der Waals surface area (Å²) in [5.41, 5.74) is 9.38. The summed E-state index contributed by atoms with van der Waals surface area (Å²) >= 11 is 0. The van der Waals surface area contributed by atoms with Crippen LogP contribution in [0.3, 0.4) is 0 Å². The first-order valence-electron chi connectivity index (χ1n) is 23.0. The van der Waals surface area contributed by atoms with Crippen LogP contribution in [0.25, 0.3) is 0 Å². The van der Waals surface area contributed by atoms with Crippen molar-refractivity contribution in [2.45, 2.75) is 174 Å². The van der Waals surface area contributed by atoms with E-state index < -0.39 is 77.8 Å². The zero-order valence-electron chi connectivity index (χ0n) is 38.5. The van der Waals surface area contributed by atoms with Crippen molar-refractivity contribution < 1.29 is 53.1 Å². The zero-order valence-corrected chi connectivity index (χ0v) is 38.5. The molecule has 3 heterocycles. The van der Waals surface area contributed by atoms with E-state index in [0.717, 1.165) is 23.3 Å². The van der Waals surface area contributed by atoms with Gasteiger partial charge in [-0.05, 0) is 115 Å². The molecule has 346 valence electrons. The number of nitrogens with zero attached hydrogens (tertiary/aromatic N) is 1. The average molecular weight is 867 g/mol. The van der Waals surface area contributed by atoms with Crippen molar-refractivity contribution in [3.05, 3.63) is 53.1 Å². The van der Waals surface area contributed by atoms with Crippen LogP contribution in [0.15, 0.2) is 47.6 Å². The summed E-state index contributed by atoms with van der Waals surface area (Å²) in [4.78, 5) is 58.3. The molecule has 4 aliphatic rings. The number of allylic oxidation sites excluding steroid dienone is 3. The molecule has 0 aromatic heterocycles. The smallest absolute Gasteiger partial charge is 0.329 e. The minimum atomic E-state index is -2.50. The Morgan fingerprint density at radius 3 is 2.27 bits per heavy atom. The van der Waals surface area contributed by atoms with Gasteiger partial charge in [0.2, 0.25) is 5.79 Å². The number of cyclic esters (lactones) is 1. The van der Waals surface area contributed by atoms with Crippen LogP contribution in [0.4, 0.5) is 0 Å². The minimum absolute atomic E-state index is 0.0166. The Bertz CT molecular complexity index is 1760. The maximum Gasteiger partial charge on any atom is 0.329 e. The molecule has 0 radical (unpaired) electrons. The predicted octanol–water partition coefficient (Wildman–Crippen LogP) is 6.18. The molecule has 13 heteroatoms. The van der Waals surface area contributed by atoms with Crippen LogP contribution in [-0.4, -0.2) is 114 Å². The number of piperidine rings is 1. The van der Waals surface area contributed by atoms with Crippen LogP contribution in [0.1, 0.15) is 118 Å². The molecule has 14 unspecified atom stereocenters. The monoisotopic (exact) mass is 867 g/mol. The summed E-state index contributed by atoms with van der Waals surface area (Å²) in [5, 5.41) is 23.9. The van der Waals surface area contributed by atoms with E-state index in [2.05, 4.69) is 13.0 Å². The van der Waals surface area contributed by atoms with E-state index in [1.54, 1.807) is 13.8 Å². The van der Waals surface area contributed by atoms with Crippen LogP contribution < -0.4 is 10.5 Å². The number of carbonyl (C=O) groups excluding carboxylic acids is 4. The number of nitrogens with two attached hydrogens (primary N) is 1. The van der Waals surface area contributed by atoms with E-state index in [-0.39, 0.29) is 55.6 Å². The Kier molecular flexibility index (Phi) is 17.5. The van der Waals surface area contributed by atoms with E-state index in [1.807, 2.05) is 58.0 Å². The van der Waals surface area contributed by atoms with Gasteiger partial charge in [0.05, 0.1) is 18.3 Å². The largest absolute Gasteiger partial charge is 0.489 e. The molecule has 2 saturated heterocycles. The lowest BCUT2D eigenvalue weighted by Gasteiger charge is -2.47. The Morgan fingerprint density at radius 1 is 0.935 bits per heavy atom. The number of esters is 1. The lowest BCUT2D eigenvalue weighted by atomic mass is 9.81. The molecule has 1 aromatic carbocycles. The van der Waals surface area contributed by atoms with Crippen molar-refractivity contribution in [2.24, 2.45) is 35.3 Å². The number of methoxy groups -OCH3 is 2. The molecule has 0 spiro atoms. The fourth-order valence-corrected chi connectivity index (χ4v) is 10.1. The molecular formula is C49H74N2O11. The predicted molar refractivity (Wildman–Crippen MR) is 235 cm³/mol. The van der Waals surface area contributed by atoms with Crippen molar-refractivity contribution >= 4 is 23.4 Å². The summed E-state index contributed by atoms with van der Waals surface area (Å²) in [5.74, 6) is -6.72. The van der Waals surface area contributed by atoms with Crippen LogP contribution in [0.5, 0.6) is 5.75 Å². The van der Waals surface area contributed by atoms with Crippen LogP contribution >= 0.6 is 0 Å². The molecule has 62 heavy (non-hydrogen) atoms. The second-order valence-corrected chi connectivity index (χ2v) is 18.9. The van der Waals surface area contributed by atoms with Crippen LogP contribution in [-0.2, 0) is 38.1 Å². The van der Waals surface area contributed by atoms with E-state index in [9.17, 15) is 29.4 Å². The topological polar surface area (TPSA) is 184 Å². The summed E-state index contributed by atoms with van der Waals surface area (Å²) in [6.45, 7) is 13.4. The van der Waals surface area contributed by atoms with Gasteiger partial charge in [0.1, 0.15) is 35.9 Å². The number of hydrogen-bond acceptors (Lipinski definition) is 12. The van der Waals surface area contributed by atoms with Crippen LogP contribution in [0, 0.1) is 36.5 Å². The van der Waals surface area contributed by atoms with Gasteiger partial charge >= 0.3 is 5.97 Å². The normalized spacial score (nSPS) is 38.6. The molecular weight excluding hydrogens is 793 g/mol. The SMILES string of the molecule is CCC1/C=C(\C)CC(C)CC(OC)C2OC(O)(C(=O)C(=O)N3CCCCC3C(=O)OC(C(C)=CC3CCC(N)C(Oc4ccc(C)cc4)C3)C(C)C(O)CC1=O)C(C)CC2OC. The molecule has 3 aliphatic heterocycles. The van der Waals surface area contributed by atoms with Crippen molar-refractivity contribution in [1.82, 2.24) is 4.90 Å². The summed E-state index contributed by atoms with van der Waals surface area (Å²) in [6, 6.07) is 6.55. The highest BCUT2D eigenvalue weighted by molar-refractivity contribution is 6.39. The van der Waals surface area contributed by atoms with Gasteiger partial charge < -0.3 is 44.5 Å². The van der Waals surface area contributed by atoms with Crippen molar-refractivity contribution in [3.8, 4) is 5.75 Å². The molecule has 1 amide bonds. The van der Waals surface area contributed by atoms with Gasteiger partial charge in [0, 0.05) is 51.0 Å². The Morgan fingerprint density at radius 2 is 1.61 bits per heavy atom. The van der Waals surface area contributed by atoms with Crippen molar-refractivity contribution in [1.29, 1.82) is 0 Å². The number of aryl methyl sites for hydroxylation is 1. The summed E-state index contributed by atoms with van der Waals surface area (Å²) < 4.78 is 30.8. The maximum absolute atomic E-state index is 14.5. The number of ketones is 2.